The normalized spacial score (nSPS) is 19.8. The SMILES string of the molecule is CCCC(C)c1cnc(-c2cc(F)c3c(c2)CC(F)(F)C(Cl)O3)nc1. The molecule has 0 N–H and O–H groups in total. The topological polar surface area (TPSA) is 35.0 Å². The fraction of sp³-hybridized carbons (Fsp3) is 0.444. The van der Waals surface area contributed by atoms with Gasteiger partial charge in [-0.1, -0.05) is 31.9 Å². The molecule has 1 aliphatic heterocycles. The van der Waals surface area contributed by atoms with Crippen LogP contribution >= 0.6 is 11.6 Å². The number of fused-ring (bicyclic) bond motifs is 1. The summed E-state index contributed by atoms with van der Waals surface area (Å²) in [4.78, 5) is 8.52. The number of rotatable bonds is 4. The van der Waals surface area contributed by atoms with Crippen LogP contribution in [0.5, 0.6) is 5.75 Å². The fourth-order valence-corrected chi connectivity index (χ4v) is 3.07. The molecule has 2 aromatic rings. The van der Waals surface area contributed by atoms with Crippen LogP contribution < -0.4 is 4.74 Å². The number of aromatic nitrogens is 2. The molecule has 1 aliphatic rings. The minimum Gasteiger partial charge on any atom is -0.465 e. The van der Waals surface area contributed by atoms with E-state index in [-0.39, 0.29) is 17.1 Å². The molecule has 1 aromatic carbocycles. The van der Waals surface area contributed by atoms with E-state index >= 15 is 0 Å². The van der Waals surface area contributed by atoms with Crippen LogP contribution in [0.25, 0.3) is 11.4 Å². The highest BCUT2D eigenvalue weighted by Gasteiger charge is 2.45. The van der Waals surface area contributed by atoms with Crippen LogP contribution in [-0.2, 0) is 6.42 Å². The Balaban J connectivity index is 1.93. The van der Waals surface area contributed by atoms with Gasteiger partial charge in [0.15, 0.2) is 17.4 Å². The third-order valence-electron chi connectivity index (χ3n) is 4.32. The lowest BCUT2D eigenvalue weighted by Gasteiger charge is -2.29. The zero-order chi connectivity index (χ0) is 18.2. The van der Waals surface area contributed by atoms with Crippen LogP contribution in [0.3, 0.4) is 0 Å². The van der Waals surface area contributed by atoms with Crippen molar-refractivity contribution in [2.45, 2.75) is 50.5 Å². The van der Waals surface area contributed by atoms with Crippen molar-refractivity contribution in [3.63, 3.8) is 0 Å². The summed E-state index contributed by atoms with van der Waals surface area (Å²) >= 11 is 5.47. The first-order valence-electron chi connectivity index (χ1n) is 8.15. The van der Waals surface area contributed by atoms with Crippen LogP contribution in [-0.4, -0.2) is 21.5 Å². The van der Waals surface area contributed by atoms with Gasteiger partial charge in [-0.25, -0.2) is 23.1 Å². The maximum Gasteiger partial charge on any atom is 0.302 e. The Morgan fingerprint density at radius 3 is 2.64 bits per heavy atom. The van der Waals surface area contributed by atoms with E-state index in [1.165, 1.54) is 12.1 Å². The zero-order valence-electron chi connectivity index (χ0n) is 13.9. The molecule has 0 bridgehead atoms. The highest BCUT2D eigenvalue weighted by Crippen LogP contribution is 2.41. The predicted octanol–water partition coefficient (Wildman–Crippen LogP) is 5.32. The molecule has 2 atom stereocenters. The Hall–Kier alpha value is -1.82. The highest BCUT2D eigenvalue weighted by atomic mass is 35.5. The summed E-state index contributed by atoms with van der Waals surface area (Å²) in [5, 5.41) is 0. The minimum absolute atomic E-state index is 0.0592. The van der Waals surface area contributed by atoms with E-state index < -0.39 is 23.7 Å². The van der Waals surface area contributed by atoms with Gasteiger partial charge in [-0.15, -0.1) is 0 Å². The van der Waals surface area contributed by atoms with E-state index in [1.807, 2.05) is 0 Å². The Labute approximate surface area is 149 Å². The quantitative estimate of drug-likeness (QED) is 0.683. The number of nitrogens with zero attached hydrogens (tertiary/aromatic N) is 2. The van der Waals surface area contributed by atoms with Crippen LogP contribution in [0.4, 0.5) is 13.2 Å². The number of alkyl halides is 3. The van der Waals surface area contributed by atoms with Crippen molar-refractivity contribution in [3.05, 3.63) is 41.5 Å². The molecule has 25 heavy (non-hydrogen) atoms. The third kappa shape index (κ3) is 3.59. The van der Waals surface area contributed by atoms with Gasteiger partial charge in [-0.05, 0) is 30.0 Å². The molecule has 0 aliphatic carbocycles. The first-order valence-corrected chi connectivity index (χ1v) is 8.58. The van der Waals surface area contributed by atoms with Crippen molar-refractivity contribution >= 4 is 11.6 Å². The number of ether oxygens (including phenoxy) is 1. The average molecular weight is 371 g/mol. The van der Waals surface area contributed by atoms with Crippen LogP contribution in [0, 0.1) is 5.82 Å². The molecule has 2 unspecified atom stereocenters. The first kappa shape index (κ1) is 18.0. The second kappa shape index (κ2) is 6.83. The highest BCUT2D eigenvalue weighted by molar-refractivity contribution is 6.20. The molecule has 2 heterocycles. The standard InChI is InChI=1S/C18H18ClF3N2O/c1-3-4-10(2)13-8-23-16(24-9-13)11-5-12-7-18(21,22)17(19)25-15(12)14(20)6-11/h5-6,8-10,17H,3-4,7H2,1-2H3. The molecule has 3 rings (SSSR count). The maximum atomic E-state index is 14.3. The van der Waals surface area contributed by atoms with Crippen LogP contribution in [0.1, 0.15) is 43.7 Å². The van der Waals surface area contributed by atoms with Crippen molar-refractivity contribution in [1.82, 2.24) is 9.97 Å². The summed E-state index contributed by atoms with van der Waals surface area (Å²) in [7, 11) is 0. The third-order valence-corrected chi connectivity index (χ3v) is 4.73. The van der Waals surface area contributed by atoms with Gasteiger partial charge in [0.25, 0.3) is 0 Å². The van der Waals surface area contributed by atoms with E-state index in [2.05, 4.69) is 23.8 Å². The molecule has 1 aromatic heterocycles. The summed E-state index contributed by atoms with van der Waals surface area (Å²) in [6.45, 7) is 4.19. The van der Waals surface area contributed by atoms with E-state index in [9.17, 15) is 13.2 Å². The van der Waals surface area contributed by atoms with Gasteiger partial charge in [-0.3, -0.25) is 0 Å². The predicted molar refractivity (Wildman–Crippen MR) is 89.7 cm³/mol. The number of hydrogen-bond donors (Lipinski definition) is 0. The van der Waals surface area contributed by atoms with Gasteiger partial charge in [0.05, 0.1) is 0 Å². The van der Waals surface area contributed by atoms with Crippen molar-refractivity contribution in [2.75, 3.05) is 0 Å². The zero-order valence-corrected chi connectivity index (χ0v) is 14.7. The summed E-state index contributed by atoms with van der Waals surface area (Å²) in [6, 6.07) is 2.61. The lowest BCUT2D eigenvalue weighted by atomic mass is 9.99. The van der Waals surface area contributed by atoms with E-state index in [1.54, 1.807) is 12.4 Å². The lowest BCUT2D eigenvalue weighted by molar-refractivity contribution is -0.0728. The van der Waals surface area contributed by atoms with E-state index in [0.717, 1.165) is 18.4 Å². The molecule has 3 nitrogen and oxygen atoms in total. The van der Waals surface area contributed by atoms with Crippen molar-refractivity contribution in [2.24, 2.45) is 0 Å². The van der Waals surface area contributed by atoms with Crippen LogP contribution in [0.15, 0.2) is 24.5 Å². The molecule has 0 spiro atoms. The summed E-state index contributed by atoms with van der Waals surface area (Å²) in [5.74, 6) is -3.64. The van der Waals surface area contributed by atoms with Crippen molar-refractivity contribution in [1.29, 1.82) is 0 Å². The summed E-state index contributed by atoms with van der Waals surface area (Å²) < 4.78 is 46.6. The second-order valence-electron chi connectivity index (χ2n) is 6.35. The van der Waals surface area contributed by atoms with Gasteiger partial charge < -0.3 is 4.74 Å². The Bertz CT molecular complexity index is 768. The molecular formula is C18H18ClF3N2O. The van der Waals surface area contributed by atoms with Gasteiger partial charge in [-0.2, -0.15) is 0 Å². The van der Waals surface area contributed by atoms with Gasteiger partial charge in [0.1, 0.15) is 0 Å². The largest absolute Gasteiger partial charge is 0.465 e. The molecule has 0 amide bonds. The Kier molecular flexibility index (Phi) is 4.91. The van der Waals surface area contributed by atoms with E-state index in [0.29, 0.717) is 11.5 Å². The molecule has 0 saturated heterocycles. The molecule has 7 heteroatoms. The molecule has 0 saturated carbocycles. The molecule has 134 valence electrons. The number of hydrogen-bond acceptors (Lipinski definition) is 3. The van der Waals surface area contributed by atoms with E-state index in [4.69, 9.17) is 16.3 Å². The van der Waals surface area contributed by atoms with Gasteiger partial charge >= 0.3 is 5.92 Å². The molecule has 0 fully saturated rings. The Morgan fingerprint density at radius 1 is 1.32 bits per heavy atom. The minimum atomic E-state index is -3.26. The van der Waals surface area contributed by atoms with Gasteiger partial charge in [0.2, 0.25) is 5.56 Å². The molecule has 0 radical (unpaired) electrons. The summed E-state index contributed by atoms with van der Waals surface area (Å²) in [5.41, 5.74) is -0.498. The number of halogens is 4. The molecular weight excluding hydrogens is 353 g/mol. The Morgan fingerprint density at radius 2 is 2.00 bits per heavy atom. The van der Waals surface area contributed by atoms with Gasteiger partial charge in [0, 0.05) is 29.9 Å². The van der Waals surface area contributed by atoms with Crippen molar-refractivity contribution < 1.29 is 17.9 Å². The van der Waals surface area contributed by atoms with Crippen LogP contribution in [0.2, 0.25) is 0 Å². The maximum absolute atomic E-state index is 14.3. The average Bonchev–Trinajstić information content (AvgIpc) is 2.56. The second-order valence-corrected chi connectivity index (χ2v) is 6.74. The summed E-state index contributed by atoms with van der Waals surface area (Å²) in [6.07, 6.45) is 4.77. The smallest absolute Gasteiger partial charge is 0.302 e. The first-order chi connectivity index (χ1) is 11.8. The van der Waals surface area contributed by atoms with Crippen molar-refractivity contribution in [3.8, 4) is 17.1 Å². The monoisotopic (exact) mass is 370 g/mol. The fourth-order valence-electron chi connectivity index (χ4n) is 2.91. The lowest BCUT2D eigenvalue weighted by Crippen LogP contribution is -2.40. The number of benzene rings is 1.